The maximum Gasteiger partial charge on any atom is 0.131 e. The Hall–Kier alpha value is -0.880. The van der Waals surface area contributed by atoms with Gasteiger partial charge in [0.15, 0.2) is 0 Å². The summed E-state index contributed by atoms with van der Waals surface area (Å²) >= 11 is 0. The Morgan fingerprint density at radius 2 is 2.20 bits per heavy atom. The van der Waals surface area contributed by atoms with E-state index in [0.29, 0.717) is 5.57 Å². The SMILES string of the molecule is CC=C=C(C(C)=N)C(C)F. The van der Waals surface area contributed by atoms with E-state index < -0.39 is 6.17 Å². The van der Waals surface area contributed by atoms with E-state index in [2.05, 4.69) is 5.73 Å². The van der Waals surface area contributed by atoms with Gasteiger partial charge in [0, 0.05) is 11.3 Å². The Balaban J connectivity index is 4.61. The molecule has 1 nitrogen and oxygen atoms in total. The Labute approximate surface area is 60.8 Å². The summed E-state index contributed by atoms with van der Waals surface area (Å²) in [6.07, 6.45) is 0.525. The molecule has 56 valence electrons. The monoisotopic (exact) mass is 141 g/mol. The maximum atomic E-state index is 12.5. The lowest BCUT2D eigenvalue weighted by molar-refractivity contribution is 0.421. The third kappa shape index (κ3) is 2.60. The van der Waals surface area contributed by atoms with Gasteiger partial charge in [0.25, 0.3) is 0 Å². The summed E-state index contributed by atoms with van der Waals surface area (Å²) in [6.45, 7) is 4.72. The smallest absolute Gasteiger partial charge is 0.131 e. The Bertz CT molecular complexity index is 185. The van der Waals surface area contributed by atoms with Gasteiger partial charge in [0.05, 0.1) is 0 Å². The number of hydrogen-bond donors (Lipinski definition) is 1. The molecule has 0 radical (unpaired) electrons. The molecular weight excluding hydrogens is 129 g/mol. The van der Waals surface area contributed by atoms with Crippen LogP contribution in [0.25, 0.3) is 0 Å². The molecule has 1 unspecified atom stereocenters. The summed E-state index contributed by atoms with van der Waals surface area (Å²) in [7, 11) is 0. The molecule has 1 atom stereocenters. The number of rotatable bonds is 2. The number of nitrogens with one attached hydrogen (secondary N) is 1. The van der Waals surface area contributed by atoms with Gasteiger partial charge in [-0.15, -0.1) is 5.73 Å². The first-order valence-electron chi connectivity index (χ1n) is 3.20. The molecule has 2 heteroatoms. The van der Waals surface area contributed by atoms with E-state index in [1.807, 2.05) is 0 Å². The molecule has 0 aliphatic heterocycles. The molecule has 0 aliphatic rings. The highest BCUT2D eigenvalue weighted by Crippen LogP contribution is 2.05. The molecule has 0 aromatic heterocycles. The molecule has 0 amide bonds. The van der Waals surface area contributed by atoms with Gasteiger partial charge >= 0.3 is 0 Å². The van der Waals surface area contributed by atoms with Gasteiger partial charge in [0.2, 0.25) is 0 Å². The van der Waals surface area contributed by atoms with E-state index in [0.717, 1.165) is 0 Å². The predicted octanol–water partition coefficient (Wildman–Crippen LogP) is 2.49. The van der Waals surface area contributed by atoms with Crippen LogP contribution in [0.1, 0.15) is 20.8 Å². The van der Waals surface area contributed by atoms with Crippen LogP contribution in [-0.2, 0) is 0 Å². The van der Waals surface area contributed by atoms with E-state index >= 15 is 0 Å². The Morgan fingerprint density at radius 1 is 1.70 bits per heavy atom. The molecule has 0 aliphatic carbocycles. The van der Waals surface area contributed by atoms with Gasteiger partial charge in [-0.25, -0.2) is 4.39 Å². The zero-order valence-electron chi connectivity index (χ0n) is 6.53. The summed E-state index contributed by atoms with van der Waals surface area (Å²) in [5, 5.41) is 7.13. The van der Waals surface area contributed by atoms with Gasteiger partial charge in [-0.1, -0.05) is 0 Å². The molecule has 0 spiro atoms. The highest BCUT2D eigenvalue weighted by molar-refractivity contribution is 5.96. The highest BCUT2D eigenvalue weighted by Gasteiger charge is 2.06. The van der Waals surface area contributed by atoms with E-state index in [1.165, 1.54) is 6.92 Å². The van der Waals surface area contributed by atoms with Crippen molar-refractivity contribution in [2.75, 3.05) is 0 Å². The fraction of sp³-hybridized carbons (Fsp3) is 0.500. The normalized spacial score (nSPS) is 11.6. The van der Waals surface area contributed by atoms with Gasteiger partial charge in [0.1, 0.15) is 6.17 Å². The highest BCUT2D eigenvalue weighted by atomic mass is 19.1. The van der Waals surface area contributed by atoms with Crippen LogP contribution >= 0.6 is 0 Å². The minimum atomic E-state index is -1.09. The summed E-state index contributed by atoms with van der Waals surface area (Å²) in [4.78, 5) is 0. The standard InChI is InChI=1S/C8H12FN/c1-4-5-8(6(2)9)7(3)10/h4,6,10H,1-3H3. The Morgan fingerprint density at radius 3 is 2.30 bits per heavy atom. The van der Waals surface area contributed by atoms with E-state index in [-0.39, 0.29) is 5.71 Å². The minimum absolute atomic E-state index is 0.244. The lowest BCUT2D eigenvalue weighted by Crippen LogP contribution is -2.05. The zero-order chi connectivity index (χ0) is 8.15. The molecule has 10 heavy (non-hydrogen) atoms. The van der Waals surface area contributed by atoms with Crippen LogP contribution in [0.3, 0.4) is 0 Å². The van der Waals surface area contributed by atoms with Crippen molar-refractivity contribution in [3.8, 4) is 0 Å². The van der Waals surface area contributed by atoms with Crippen molar-refractivity contribution in [2.24, 2.45) is 0 Å². The second-order valence-electron chi connectivity index (χ2n) is 2.09. The maximum absolute atomic E-state index is 12.5. The molecule has 0 bridgehead atoms. The molecule has 0 aromatic rings. The van der Waals surface area contributed by atoms with Crippen molar-refractivity contribution >= 4 is 5.71 Å². The van der Waals surface area contributed by atoms with Crippen LogP contribution in [0.5, 0.6) is 0 Å². The van der Waals surface area contributed by atoms with Crippen LogP contribution < -0.4 is 0 Å². The fourth-order valence-corrected chi connectivity index (χ4v) is 0.677. The van der Waals surface area contributed by atoms with Crippen molar-refractivity contribution in [3.63, 3.8) is 0 Å². The van der Waals surface area contributed by atoms with Crippen molar-refractivity contribution in [3.05, 3.63) is 17.4 Å². The van der Waals surface area contributed by atoms with E-state index in [4.69, 9.17) is 5.41 Å². The molecule has 0 heterocycles. The van der Waals surface area contributed by atoms with Crippen molar-refractivity contribution in [1.29, 1.82) is 5.41 Å². The predicted molar refractivity (Wildman–Crippen MR) is 41.2 cm³/mol. The molecule has 0 aromatic carbocycles. The lowest BCUT2D eigenvalue weighted by atomic mass is 10.1. The lowest BCUT2D eigenvalue weighted by Gasteiger charge is -2.01. The second-order valence-corrected chi connectivity index (χ2v) is 2.09. The van der Waals surface area contributed by atoms with E-state index in [1.54, 1.807) is 19.9 Å². The van der Waals surface area contributed by atoms with Crippen LogP contribution in [0.4, 0.5) is 4.39 Å². The van der Waals surface area contributed by atoms with Crippen molar-refractivity contribution in [1.82, 2.24) is 0 Å². The average molecular weight is 141 g/mol. The zero-order valence-corrected chi connectivity index (χ0v) is 6.53. The summed E-state index contributed by atoms with van der Waals surface area (Å²) in [5.41, 5.74) is 3.25. The number of halogens is 1. The molecule has 0 fully saturated rings. The minimum Gasteiger partial charge on any atom is -0.305 e. The fourth-order valence-electron chi connectivity index (χ4n) is 0.677. The molecule has 0 saturated carbocycles. The van der Waals surface area contributed by atoms with Crippen LogP contribution in [0.2, 0.25) is 0 Å². The number of hydrogen-bond acceptors (Lipinski definition) is 1. The average Bonchev–Trinajstić information content (AvgIpc) is 1.81. The van der Waals surface area contributed by atoms with Crippen LogP contribution in [-0.4, -0.2) is 11.9 Å². The van der Waals surface area contributed by atoms with Gasteiger partial charge in [-0.05, 0) is 26.8 Å². The number of allylic oxidation sites excluding steroid dienone is 1. The molecule has 0 saturated heterocycles. The van der Waals surface area contributed by atoms with Crippen molar-refractivity contribution in [2.45, 2.75) is 26.9 Å². The van der Waals surface area contributed by atoms with Gasteiger partial charge < -0.3 is 5.41 Å². The number of alkyl halides is 1. The Kier molecular flexibility index (Phi) is 3.67. The van der Waals surface area contributed by atoms with Crippen LogP contribution in [0, 0.1) is 5.41 Å². The first-order chi connectivity index (χ1) is 4.59. The van der Waals surface area contributed by atoms with Crippen LogP contribution in [0.15, 0.2) is 17.4 Å². The first-order valence-corrected chi connectivity index (χ1v) is 3.20. The largest absolute Gasteiger partial charge is 0.305 e. The van der Waals surface area contributed by atoms with E-state index in [9.17, 15) is 4.39 Å². The molecular formula is C8H12FN. The first kappa shape index (κ1) is 9.12. The third-order valence-electron chi connectivity index (χ3n) is 1.10. The van der Waals surface area contributed by atoms with Gasteiger partial charge in [-0.2, -0.15) is 0 Å². The molecule has 1 N–H and O–H groups in total. The quantitative estimate of drug-likeness (QED) is 0.451. The third-order valence-corrected chi connectivity index (χ3v) is 1.10. The summed E-state index contributed by atoms with van der Waals surface area (Å²) in [6, 6.07) is 0. The second kappa shape index (κ2) is 4.02. The van der Waals surface area contributed by atoms with Crippen molar-refractivity contribution < 1.29 is 4.39 Å². The van der Waals surface area contributed by atoms with Gasteiger partial charge in [-0.3, -0.25) is 0 Å². The topological polar surface area (TPSA) is 23.9 Å². The molecule has 0 rings (SSSR count). The summed E-state index contributed by atoms with van der Waals surface area (Å²) < 4.78 is 12.5. The summed E-state index contributed by atoms with van der Waals surface area (Å²) in [5.74, 6) is 0.